The number of benzene rings is 1. The number of carbonyl (C=O) groups is 1. The van der Waals surface area contributed by atoms with E-state index in [1.165, 1.54) is 6.92 Å². The first-order chi connectivity index (χ1) is 6.86. The van der Waals surface area contributed by atoms with Crippen LogP contribution in [-0.4, -0.2) is 11.1 Å². The molecule has 0 amide bonds. The summed E-state index contributed by atoms with van der Waals surface area (Å²) in [6.45, 7) is 1.19. The summed E-state index contributed by atoms with van der Waals surface area (Å²) >= 11 is 2.52. The highest BCUT2D eigenvalue weighted by atomic mass is 79.9. The quantitative estimate of drug-likeness (QED) is 0.669. The molecule has 2 nitrogen and oxygen atoms in total. The highest BCUT2D eigenvalue weighted by molar-refractivity contribution is 9.10. The van der Waals surface area contributed by atoms with Crippen molar-refractivity contribution in [3.63, 3.8) is 0 Å². The fourth-order valence-electron chi connectivity index (χ4n) is 1.04. The maximum absolute atomic E-state index is 13.3. The van der Waals surface area contributed by atoms with Crippen molar-refractivity contribution in [2.75, 3.05) is 0 Å². The van der Waals surface area contributed by atoms with Gasteiger partial charge in [-0.3, -0.25) is 4.79 Å². The summed E-state index contributed by atoms with van der Waals surface area (Å²) in [5, 5.41) is 8.61. The molecule has 15 heavy (non-hydrogen) atoms. The van der Waals surface area contributed by atoms with Crippen LogP contribution < -0.4 is 0 Å². The number of hydrogen-bond donors (Lipinski definition) is 1. The molecule has 1 aromatic carbocycles. The van der Waals surface area contributed by atoms with Crippen LogP contribution >= 0.6 is 15.9 Å². The lowest BCUT2D eigenvalue weighted by atomic mass is 10.0. The topological polar surface area (TPSA) is 37.3 Å². The molecule has 0 spiro atoms. The summed E-state index contributed by atoms with van der Waals surface area (Å²) in [6.07, 6.45) is 0. The van der Waals surface area contributed by atoms with Gasteiger partial charge in [0.25, 0.3) is 0 Å². The molecule has 0 fully saturated rings. The SMILES string of the molecule is CC(C(=O)O)c1cc(F)c(F)c(Br)c1F. The van der Waals surface area contributed by atoms with E-state index in [4.69, 9.17) is 5.11 Å². The van der Waals surface area contributed by atoms with E-state index < -0.39 is 39.4 Å². The minimum Gasteiger partial charge on any atom is -0.481 e. The van der Waals surface area contributed by atoms with E-state index in [1.54, 1.807) is 0 Å². The molecule has 0 aliphatic heterocycles. The van der Waals surface area contributed by atoms with E-state index >= 15 is 0 Å². The van der Waals surface area contributed by atoms with Gasteiger partial charge < -0.3 is 5.11 Å². The van der Waals surface area contributed by atoms with Crippen molar-refractivity contribution in [2.45, 2.75) is 12.8 Å². The Labute approximate surface area is 91.8 Å². The van der Waals surface area contributed by atoms with E-state index in [1.807, 2.05) is 0 Å². The lowest BCUT2D eigenvalue weighted by Crippen LogP contribution is -2.11. The maximum Gasteiger partial charge on any atom is 0.310 e. The van der Waals surface area contributed by atoms with Gasteiger partial charge in [0, 0.05) is 5.56 Å². The van der Waals surface area contributed by atoms with Crippen molar-refractivity contribution < 1.29 is 23.1 Å². The first-order valence-electron chi connectivity index (χ1n) is 3.92. The summed E-state index contributed by atoms with van der Waals surface area (Å²) in [5.74, 6) is -6.30. The van der Waals surface area contributed by atoms with Gasteiger partial charge >= 0.3 is 5.97 Å². The van der Waals surface area contributed by atoms with E-state index in [0.717, 1.165) is 0 Å². The molecular formula is C9H6BrF3O2. The zero-order chi connectivity index (χ0) is 11.7. The fraction of sp³-hybridized carbons (Fsp3) is 0.222. The fourth-order valence-corrected chi connectivity index (χ4v) is 1.46. The molecular weight excluding hydrogens is 277 g/mol. The third kappa shape index (κ3) is 2.14. The molecule has 0 aromatic heterocycles. The van der Waals surface area contributed by atoms with E-state index in [2.05, 4.69) is 15.9 Å². The van der Waals surface area contributed by atoms with Crippen LogP contribution in [-0.2, 0) is 4.79 Å². The third-order valence-electron chi connectivity index (χ3n) is 1.97. The molecule has 1 N–H and O–H groups in total. The molecule has 0 saturated heterocycles. The molecule has 1 atom stereocenters. The van der Waals surface area contributed by atoms with E-state index in [0.29, 0.717) is 6.07 Å². The number of carboxylic acid groups (broad SMARTS) is 1. The number of carboxylic acids is 1. The van der Waals surface area contributed by atoms with Crippen LogP contribution in [0, 0.1) is 17.5 Å². The van der Waals surface area contributed by atoms with Crippen LogP contribution in [0.5, 0.6) is 0 Å². The Kier molecular flexibility index (Phi) is 3.38. The van der Waals surface area contributed by atoms with Crippen LogP contribution in [0.2, 0.25) is 0 Å². The minimum absolute atomic E-state index is 0.395. The Hall–Kier alpha value is -1.04. The normalized spacial score (nSPS) is 12.6. The second-order valence-corrected chi connectivity index (χ2v) is 3.74. The highest BCUT2D eigenvalue weighted by Crippen LogP contribution is 2.29. The predicted molar refractivity (Wildman–Crippen MR) is 50.1 cm³/mol. The van der Waals surface area contributed by atoms with Crippen LogP contribution in [0.3, 0.4) is 0 Å². The predicted octanol–water partition coefficient (Wildman–Crippen LogP) is 3.05. The zero-order valence-electron chi connectivity index (χ0n) is 7.52. The van der Waals surface area contributed by atoms with Crippen molar-refractivity contribution in [3.05, 3.63) is 33.6 Å². The van der Waals surface area contributed by atoms with Gasteiger partial charge in [0.1, 0.15) is 5.82 Å². The first-order valence-corrected chi connectivity index (χ1v) is 4.71. The van der Waals surface area contributed by atoms with Gasteiger partial charge in [0.05, 0.1) is 10.4 Å². The van der Waals surface area contributed by atoms with Gasteiger partial charge in [-0.05, 0) is 28.9 Å². The molecule has 1 unspecified atom stereocenters. The second kappa shape index (κ2) is 4.22. The van der Waals surface area contributed by atoms with Crippen molar-refractivity contribution >= 4 is 21.9 Å². The van der Waals surface area contributed by atoms with Crippen LogP contribution in [0.25, 0.3) is 0 Å². The lowest BCUT2D eigenvalue weighted by molar-refractivity contribution is -0.138. The summed E-state index contributed by atoms with van der Waals surface area (Å²) in [4.78, 5) is 10.6. The largest absolute Gasteiger partial charge is 0.481 e. The van der Waals surface area contributed by atoms with Gasteiger partial charge in [-0.1, -0.05) is 0 Å². The van der Waals surface area contributed by atoms with Gasteiger partial charge in [-0.15, -0.1) is 0 Å². The summed E-state index contributed by atoms with van der Waals surface area (Å²) < 4.78 is 38.4. The average Bonchev–Trinajstić information content (AvgIpc) is 2.19. The molecule has 0 bridgehead atoms. The molecule has 0 aliphatic carbocycles. The van der Waals surface area contributed by atoms with Gasteiger partial charge in [-0.2, -0.15) is 0 Å². The Bertz CT molecular complexity index is 420. The molecule has 82 valence electrons. The minimum atomic E-state index is -1.37. The number of halogens is 4. The van der Waals surface area contributed by atoms with E-state index in [9.17, 15) is 18.0 Å². The second-order valence-electron chi connectivity index (χ2n) is 2.95. The maximum atomic E-state index is 13.3. The van der Waals surface area contributed by atoms with E-state index in [-0.39, 0.29) is 0 Å². The molecule has 0 aliphatic rings. The summed E-state index contributed by atoms with van der Waals surface area (Å²) in [5.41, 5.74) is -0.395. The van der Waals surface area contributed by atoms with Crippen molar-refractivity contribution in [1.29, 1.82) is 0 Å². The molecule has 1 aromatic rings. The van der Waals surface area contributed by atoms with Crippen LogP contribution in [0.4, 0.5) is 13.2 Å². The first kappa shape index (κ1) is 12.0. The zero-order valence-corrected chi connectivity index (χ0v) is 9.11. The molecule has 0 radical (unpaired) electrons. The van der Waals surface area contributed by atoms with Crippen molar-refractivity contribution in [2.24, 2.45) is 0 Å². The standard InChI is InChI=1S/C9H6BrF3O2/c1-3(9(14)15)4-2-5(11)8(13)6(10)7(4)12/h2-3H,1H3,(H,14,15). The number of hydrogen-bond acceptors (Lipinski definition) is 1. The Morgan fingerprint density at radius 3 is 2.40 bits per heavy atom. The Balaban J connectivity index is 3.38. The lowest BCUT2D eigenvalue weighted by Gasteiger charge is -2.10. The van der Waals surface area contributed by atoms with Gasteiger partial charge in [0.15, 0.2) is 11.6 Å². The Morgan fingerprint density at radius 2 is 1.93 bits per heavy atom. The molecule has 6 heteroatoms. The average molecular weight is 283 g/mol. The number of aliphatic carboxylic acids is 1. The van der Waals surface area contributed by atoms with Gasteiger partial charge in [0.2, 0.25) is 0 Å². The third-order valence-corrected chi connectivity index (χ3v) is 2.66. The highest BCUT2D eigenvalue weighted by Gasteiger charge is 2.23. The van der Waals surface area contributed by atoms with Crippen molar-refractivity contribution in [1.82, 2.24) is 0 Å². The summed E-state index contributed by atoms with van der Waals surface area (Å²) in [6, 6.07) is 0.550. The molecule has 0 saturated carbocycles. The van der Waals surface area contributed by atoms with Crippen LogP contribution in [0.15, 0.2) is 10.5 Å². The van der Waals surface area contributed by atoms with Crippen LogP contribution in [0.1, 0.15) is 18.4 Å². The number of rotatable bonds is 2. The monoisotopic (exact) mass is 282 g/mol. The molecule has 1 rings (SSSR count). The summed E-state index contributed by atoms with van der Waals surface area (Å²) in [7, 11) is 0. The van der Waals surface area contributed by atoms with Gasteiger partial charge in [-0.25, -0.2) is 13.2 Å². The smallest absolute Gasteiger partial charge is 0.310 e. The van der Waals surface area contributed by atoms with Crippen molar-refractivity contribution in [3.8, 4) is 0 Å². The molecule has 0 heterocycles. The Morgan fingerprint density at radius 1 is 1.40 bits per heavy atom.